The average Bonchev–Trinajstić information content (AvgIpc) is 3.03. The van der Waals surface area contributed by atoms with Crippen molar-refractivity contribution in [3.05, 3.63) is 62.8 Å². The zero-order chi connectivity index (χ0) is 22.0. The fraction of sp³-hybridized carbons (Fsp3) is 0.348. The maximum atomic E-state index is 13.7. The standard InChI is InChI=1S/C23H27N3O2S2/c1-7-11-24-20(27)16(6)30-23-25-21-19(17(8-2)15(5)29-21)22(28)26(23)18-12-13(3)9-10-14(18)4/h7,9-10,12,16H,1,8,11H2,2-6H3,(H,24,27)/t16-/m1/s1. The molecule has 0 bridgehead atoms. The lowest BCUT2D eigenvalue weighted by Gasteiger charge is -2.17. The summed E-state index contributed by atoms with van der Waals surface area (Å²) < 4.78 is 1.68. The van der Waals surface area contributed by atoms with Crippen LogP contribution in [0.15, 0.2) is 40.8 Å². The van der Waals surface area contributed by atoms with E-state index >= 15 is 0 Å². The molecule has 0 saturated heterocycles. The van der Waals surface area contributed by atoms with Gasteiger partial charge in [0.25, 0.3) is 5.56 Å². The summed E-state index contributed by atoms with van der Waals surface area (Å²) in [5.74, 6) is -0.113. The molecule has 2 aromatic heterocycles. The molecule has 0 spiro atoms. The van der Waals surface area contributed by atoms with Gasteiger partial charge < -0.3 is 5.32 Å². The van der Waals surface area contributed by atoms with Crippen molar-refractivity contribution in [1.29, 1.82) is 0 Å². The topological polar surface area (TPSA) is 64.0 Å². The minimum atomic E-state index is -0.405. The number of carbonyl (C=O) groups excluding carboxylic acids is 1. The molecule has 1 amide bonds. The van der Waals surface area contributed by atoms with Gasteiger partial charge in [-0.25, -0.2) is 4.98 Å². The van der Waals surface area contributed by atoms with Crippen molar-refractivity contribution < 1.29 is 4.79 Å². The predicted octanol–water partition coefficient (Wildman–Crippen LogP) is 4.72. The van der Waals surface area contributed by atoms with Gasteiger partial charge in [-0.05, 0) is 56.9 Å². The van der Waals surface area contributed by atoms with Crippen molar-refractivity contribution in [2.75, 3.05) is 6.54 Å². The Balaban J connectivity index is 2.25. The summed E-state index contributed by atoms with van der Waals surface area (Å²) in [6.07, 6.45) is 2.43. The lowest BCUT2D eigenvalue weighted by Crippen LogP contribution is -2.32. The Bertz CT molecular complexity index is 1180. The second-order valence-corrected chi connectivity index (χ2v) is 9.80. The van der Waals surface area contributed by atoms with Gasteiger partial charge in [-0.1, -0.05) is 36.9 Å². The van der Waals surface area contributed by atoms with Crippen LogP contribution >= 0.6 is 23.1 Å². The minimum absolute atomic E-state index is 0.0731. The molecule has 0 fully saturated rings. The van der Waals surface area contributed by atoms with Gasteiger partial charge in [0.15, 0.2) is 5.16 Å². The maximum absolute atomic E-state index is 13.7. The van der Waals surface area contributed by atoms with Crippen LogP contribution in [0.25, 0.3) is 15.9 Å². The second kappa shape index (κ2) is 9.18. The number of rotatable bonds is 7. The molecule has 0 unspecified atom stereocenters. The van der Waals surface area contributed by atoms with E-state index in [1.54, 1.807) is 22.0 Å². The zero-order valence-corrected chi connectivity index (χ0v) is 19.7. The maximum Gasteiger partial charge on any atom is 0.267 e. The molecule has 0 aliphatic carbocycles. The summed E-state index contributed by atoms with van der Waals surface area (Å²) in [6.45, 7) is 13.9. The molecule has 0 aliphatic rings. The summed E-state index contributed by atoms with van der Waals surface area (Å²) in [5, 5.41) is 3.63. The molecular weight excluding hydrogens is 414 g/mol. The minimum Gasteiger partial charge on any atom is -0.352 e. The quantitative estimate of drug-likeness (QED) is 0.327. The molecular formula is C23H27N3O2S2. The number of aromatic nitrogens is 2. The van der Waals surface area contributed by atoms with Gasteiger partial charge in [0.2, 0.25) is 5.91 Å². The van der Waals surface area contributed by atoms with E-state index in [9.17, 15) is 9.59 Å². The second-order valence-electron chi connectivity index (χ2n) is 7.29. The number of nitrogens with one attached hydrogen (secondary N) is 1. The molecule has 5 nitrogen and oxygen atoms in total. The van der Waals surface area contributed by atoms with Crippen LogP contribution in [-0.2, 0) is 11.2 Å². The van der Waals surface area contributed by atoms with E-state index < -0.39 is 5.25 Å². The Labute approximate surface area is 185 Å². The van der Waals surface area contributed by atoms with Crippen molar-refractivity contribution in [2.24, 2.45) is 0 Å². The molecule has 158 valence electrons. The molecule has 1 N–H and O–H groups in total. The third-order valence-electron chi connectivity index (χ3n) is 5.03. The monoisotopic (exact) mass is 441 g/mol. The first kappa shape index (κ1) is 22.3. The summed E-state index contributed by atoms with van der Waals surface area (Å²) >= 11 is 2.84. The Morgan fingerprint density at radius 3 is 2.77 bits per heavy atom. The number of fused-ring (bicyclic) bond motifs is 1. The number of thiophene rings is 1. The zero-order valence-electron chi connectivity index (χ0n) is 18.0. The van der Waals surface area contributed by atoms with E-state index in [0.717, 1.165) is 38.5 Å². The van der Waals surface area contributed by atoms with E-state index in [4.69, 9.17) is 4.98 Å². The molecule has 0 saturated carbocycles. The highest BCUT2D eigenvalue weighted by Gasteiger charge is 2.23. The van der Waals surface area contributed by atoms with E-state index in [0.29, 0.717) is 17.1 Å². The van der Waals surface area contributed by atoms with Crippen LogP contribution in [0, 0.1) is 20.8 Å². The molecule has 1 atom stereocenters. The van der Waals surface area contributed by atoms with Crippen LogP contribution in [0.5, 0.6) is 0 Å². The Hall–Kier alpha value is -2.38. The van der Waals surface area contributed by atoms with Gasteiger partial charge in [-0.3, -0.25) is 14.2 Å². The van der Waals surface area contributed by atoms with Gasteiger partial charge in [-0.15, -0.1) is 17.9 Å². The fourth-order valence-electron chi connectivity index (χ4n) is 3.40. The Morgan fingerprint density at radius 2 is 2.10 bits per heavy atom. The number of hydrogen-bond acceptors (Lipinski definition) is 5. The molecule has 30 heavy (non-hydrogen) atoms. The SMILES string of the molecule is C=CCNC(=O)[C@@H](C)Sc1nc2sc(C)c(CC)c2c(=O)n1-c1cc(C)ccc1C. The number of carbonyl (C=O) groups is 1. The molecule has 3 aromatic rings. The van der Waals surface area contributed by atoms with Gasteiger partial charge in [-0.2, -0.15) is 0 Å². The Kier molecular flexibility index (Phi) is 6.83. The van der Waals surface area contributed by atoms with Gasteiger partial charge in [0.1, 0.15) is 4.83 Å². The summed E-state index contributed by atoms with van der Waals surface area (Å²) in [5.41, 5.74) is 3.84. The smallest absolute Gasteiger partial charge is 0.267 e. The number of aryl methyl sites for hydroxylation is 4. The van der Waals surface area contributed by atoms with Crippen molar-refractivity contribution in [1.82, 2.24) is 14.9 Å². The highest BCUT2D eigenvalue weighted by atomic mass is 32.2. The normalized spacial score (nSPS) is 12.2. The highest BCUT2D eigenvalue weighted by molar-refractivity contribution is 8.00. The number of benzene rings is 1. The number of thioether (sulfide) groups is 1. The van der Waals surface area contributed by atoms with Gasteiger partial charge >= 0.3 is 0 Å². The van der Waals surface area contributed by atoms with E-state index in [-0.39, 0.29) is 11.5 Å². The first-order valence-corrected chi connectivity index (χ1v) is 11.7. The lowest BCUT2D eigenvalue weighted by molar-refractivity contribution is -0.120. The van der Waals surface area contributed by atoms with Crippen molar-refractivity contribution >= 4 is 39.2 Å². The first-order valence-electron chi connectivity index (χ1n) is 9.96. The van der Waals surface area contributed by atoms with Crippen LogP contribution in [0.1, 0.15) is 35.4 Å². The number of nitrogens with zero attached hydrogens (tertiary/aromatic N) is 2. The van der Waals surface area contributed by atoms with Crippen LogP contribution in [0.2, 0.25) is 0 Å². The third-order valence-corrected chi connectivity index (χ3v) is 7.12. The van der Waals surface area contributed by atoms with Crippen molar-refractivity contribution in [3.63, 3.8) is 0 Å². The predicted molar refractivity (Wildman–Crippen MR) is 127 cm³/mol. The molecule has 0 aliphatic heterocycles. The summed E-state index contributed by atoms with van der Waals surface area (Å²) in [7, 11) is 0. The van der Waals surface area contributed by atoms with Gasteiger partial charge in [0, 0.05) is 11.4 Å². The number of hydrogen-bond donors (Lipinski definition) is 1. The third kappa shape index (κ3) is 4.23. The van der Waals surface area contributed by atoms with Crippen LogP contribution in [0.3, 0.4) is 0 Å². The largest absolute Gasteiger partial charge is 0.352 e. The van der Waals surface area contributed by atoms with Gasteiger partial charge in [0.05, 0.1) is 16.3 Å². The van der Waals surface area contributed by atoms with Crippen LogP contribution in [0.4, 0.5) is 0 Å². The Morgan fingerprint density at radius 1 is 1.37 bits per heavy atom. The highest BCUT2D eigenvalue weighted by Crippen LogP contribution is 2.32. The van der Waals surface area contributed by atoms with Crippen LogP contribution in [-0.4, -0.2) is 27.3 Å². The van der Waals surface area contributed by atoms with E-state index in [2.05, 4.69) is 18.8 Å². The lowest BCUT2D eigenvalue weighted by atomic mass is 10.1. The molecule has 3 rings (SSSR count). The molecule has 7 heteroatoms. The number of amides is 1. The van der Waals surface area contributed by atoms with E-state index in [1.807, 2.05) is 45.9 Å². The van der Waals surface area contributed by atoms with Crippen LogP contribution < -0.4 is 10.9 Å². The fourth-order valence-corrected chi connectivity index (χ4v) is 5.50. The van der Waals surface area contributed by atoms with E-state index in [1.165, 1.54) is 11.8 Å². The molecule has 0 radical (unpaired) electrons. The first-order chi connectivity index (χ1) is 14.3. The summed E-state index contributed by atoms with van der Waals surface area (Å²) in [4.78, 5) is 32.9. The van der Waals surface area contributed by atoms with Crippen molar-refractivity contribution in [2.45, 2.75) is 51.4 Å². The average molecular weight is 442 g/mol. The molecule has 1 aromatic carbocycles. The van der Waals surface area contributed by atoms with Crippen molar-refractivity contribution in [3.8, 4) is 5.69 Å². The summed E-state index contributed by atoms with van der Waals surface area (Å²) in [6, 6.07) is 6.04. The molecule has 2 heterocycles.